The second-order valence-electron chi connectivity index (χ2n) is 4.64. The van der Waals surface area contributed by atoms with Crippen molar-refractivity contribution < 1.29 is 8.78 Å². The number of hydrogen-bond acceptors (Lipinski definition) is 1. The maximum absolute atomic E-state index is 13.8. The van der Waals surface area contributed by atoms with Gasteiger partial charge in [-0.2, -0.15) is 0 Å². The SMILES string of the molecule is CNC1CC(C)CCc2c(F)ccc(F)c21. The Morgan fingerprint density at radius 2 is 1.94 bits per heavy atom. The summed E-state index contributed by atoms with van der Waals surface area (Å²) >= 11 is 0. The van der Waals surface area contributed by atoms with Crippen molar-refractivity contribution in [1.29, 1.82) is 0 Å². The van der Waals surface area contributed by atoms with E-state index in [1.54, 1.807) is 7.05 Å². The molecule has 0 aromatic heterocycles. The number of halogens is 2. The molecule has 2 atom stereocenters. The number of nitrogens with one attached hydrogen (secondary N) is 1. The fourth-order valence-corrected chi connectivity index (χ4v) is 2.53. The van der Waals surface area contributed by atoms with E-state index in [0.29, 0.717) is 23.5 Å². The van der Waals surface area contributed by atoms with Crippen molar-refractivity contribution in [3.63, 3.8) is 0 Å². The molecule has 0 saturated heterocycles. The van der Waals surface area contributed by atoms with Crippen LogP contribution in [0, 0.1) is 17.6 Å². The minimum Gasteiger partial charge on any atom is -0.313 e. The highest BCUT2D eigenvalue weighted by molar-refractivity contribution is 5.34. The standard InChI is InChI=1S/C13H17F2N/c1-8-3-4-9-10(14)5-6-11(15)13(9)12(7-8)16-2/h5-6,8,12,16H,3-4,7H2,1-2H3. The molecule has 2 rings (SSSR count). The average Bonchev–Trinajstić information content (AvgIpc) is 2.44. The lowest BCUT2D eigenvalue weighted by Gasteiger charge is -2.19. The molecule has 1 nitrogen and oxygen atoms in total. The molecule has 0 radical (unpaired) electrons. The van der Waals surface area contributed by atoms with Crippen molar-refractivity contribution in [3.05, 3.63) is 34.9 Å². The van der Waals surface area contributed by atoms with E-state index in [9.17, 15) is 8.78 Å². The zero-order chi connectivity index (χ0) is 11.7. The Balaban J connectivity index is 2.52. The molecule has 1 aliphatic rings. The Hall–Kier alpha value is -0.960. The molecule has 2 unspecified atom stereocenters. The minimum absolute atomic E-state index is 0.0665. The summed E-state index contributed by atoms with van der Waals surface area (Å²) in [4.78, 5) is 0. The van der Waals surface area contributed by atoms with Gasteiger partial charge in [-0.15, -0.1) is 0 Å². The van der Waals surface area contributed by atoms with E-state index >= 15 is 0 Å². The Kier molecular flexibility index (Phi) is 3.24. The molecule has 1 aromatic rings. The third-order valence-corrected chi connectivity index (χ3v) is 3.47. The van der Waals surface area contributed by atoms with Gasteiger partial charge in [0.15, 0.2) is 0 Å². The maximum atomic E-state index is 13.8. The van der Waals surface area contributed by atoms with Crippen LogP contribution in [0.3, 0.4) is 0 Å². The third kappa shape index (κ3) is 1.96. The van der Waals surface area contributed by atoms with E-state index in [1.165, 1.54) is 12.1 Å². The van der Waals surface area contributed by atoms with Gasteiger partial charge in [0.05, 0.1) is 0 Å². The van der Waals surface area contributed by atoms with Crippen LogP contribution in [0.15, 0.2) is 12.1 Å². The molecular formula is C13H17F2N. The third-order valence-electron chi connectivity index (χ3n) is 3.47. The van der Waals surface area contributed by atoms with Gasteiger partial charge in [0.2, 0.25) is 0 Å². The van der Waals surface area contributed by atoms with Crippen LogP contribution in [-0.2, 0) is 6.42 Å². The van der Waals surface area contributed by atoms with Gasteiger partial charge in [-0.05, 0) is 49.9 Å². The van der Waals surface area contributed by atoms with Gasteiger partial charge in [0.1, 0.15) is 11.6 Å². The Morgan fingerprint density at radius 1 is 1.25 bits per heavy atom. The lowest BCUT2D eigenvalue weighted by Crippen LogP contribution is -2.20. The van der Waals surface area contributed by atoms with Crippen LogP contribution in [0.2, 0.25) is 0 Å². The fourth-order valence-electron chi connectivity index (χ4n) is 2.53. The monoisotopic (exact) mass is 225 g/mol. The summed E-state index contributed by atoms with van der Waals surface area (Å²) in [6.07, 6.45) is 2.42. The Bertz CT molecular complexity index is 390. The van der Waals surface area contributed by atoms with E-state index in [2.05, 4.69) is 12.2 Å². The molecule has 3 heteroatoms. The molecule has 0 spiro atoms. The van der Waals surface area contributed by atoms with E-state index in [4.69, 9.17) is 0 Å². The van der Waals surface area contributed by atoms with Crippen LogP contribution < -0.4 is 5.32 Å². The minimum atomic E-state index is -0.287. The highest BCUT2D eigenvalue weighted by Gasteiger charge is 2.26. The number of fused-ring (bicyclic) bond motifs is 1. The van der Waals surface area contributed by atoms with Crippen LogP contribution in [0.5, 0.6) is 0 Å². The van der Waals surface area contributed by atoms with Crippen molar-refractivity contribution in [1.82, 2.24) is 5.32 Å². The molecular weight excluding hydrogens is 208 g/mol. The number of benzene rings is 1. The Labute approximate surface area is 94.9 Å². The normalized spacial score (nSPS) is 25.0. The lowest BCUT2D eigenvalue weighted by atomic mass is 9.96. The average molecular weight is 225 g/mol. The van der Waals surface area contributed by atoms with Crippen LogP contribution in [-0.4, -0.2) is 7.05 Å². The first-order valence-corrected chi connectivity index (χ1v) is 5.77. The molecule has 88 valence electrons. The number of rotatable bonds is 1. The zero-order valence-corrected chi connectivity index (χ0v) is 9.69. The second-order valence-corrected chi connectivity index (χ2v) is 4.64. The molecule has 0 bridgehead atoms. The topological polar surface area (TPSA) is 12.0 Å². The van der Waals surface area contributed by atoms with Gasteiger partial charge in [0, 0.05) is 11.6 Å². The fraction of sp³-hybridized carbons (Fsp3) is 0.538. The van der Waals surface area contributed by atoms with Gasteiger partial charge < -0.3 is 5.32 Å². The van der Waals surface area contributed by atoms with E-state index in [0.717, 1.165) is 12.8 Å². The van der Waals surface area contributed by atoms with E-state index < -0.39 is 0 Å². The summed E-state index contributed by atoms with van der Waals surface area (Å²) < 4.78 is 27.5. The van der Waals surface area contributed by atoms with Crippen LogP contribution in [0.25, 0.3) is 0 Å². The molecule has 1 aromatic carbocycles. The van der Waals surface area contributed by atoms with Gasteiger partial charge in [-0.3, -0.25) is 0 Å². The molecule has 0 heterocycles. The highest BCUT2D eigenvalue weighted by Crippen LogP contribution is 2.34. The van der Waals surface area contributed by atoms with Crippen molar-refractivity contribution in [2.75, 3.05) is 7.05 Å². The maximum Gasteiger partial charge on any atom is 0.128 e. The Morgan fingerprint density at radius 3 is 2.62 bits per heavy atom. The molecule has 1 aliphatic carbocycles. The van der Waals surface area contributed by atoms with Crippen LogP contribution in [0.1, 0.15) is 36.9 Å². The van der Waals surface area contributed by atoms with Crippen LogP contribution in [0.4, 0.5) is 8.78 Å². The molecule has 0 saturated carbocycles. The summed E-state index contributed by atoms with van der Waals surface area (Å²) in [5.74, 6) is -0.0701. The van der Waals surface area contributed by atoms with E-state index in [-0.39, 0.29) is 17.7 Å². The zero-order valence-electron chi connectivity index (χ0n) is 9.69. The first kappa shape index (κ1) is 11.5. The molecule has 16 heavy (non-hydrogen) atoms. The summed E-state index contributed by atoms with van der Waals surface area (Å²) in [5.41, 5.74) is 1.09. The largest absolute Gasteiger partial charge is 0.313 e. The first-order chi connectivity index (χ1) is 7.63. The quantitative estimate of drug-likeness (QED) is 0.724. The summed E-state index contributed by atoms with van der Waals surface area (Å²) in [5, 5.41) is 3.09. The molecule has 0 aliphatic heterocycles. The lowest BCUT2D eigenvalue weighted by molar-refractivity contribution is 0.419. The highest BCUT2D eigenvalue weighted by atomic mass is 19.1. The van der Waals surface area contributed by atoms with Gasteiger partial charge in [-0.1, -0.05) is 6.92 Å². The van der Waals surface area contributed by atoms with Gasteiger partial charge >= 0.3 is 0 Å². The van der Waals surface area contributed by atoms with Crippen molar-refractivity contribution in [2.24, 2.45) is 5.92 Å². The smallest absolute Gasteiger partial charge is 0.128 e. The van der Waals surface area contributed by atoms with E-state index in [1.807, 2.05) is 0 Å². The first-order valence-electron chi connectivity index (χ1n) is 5.77. The molecule has 0 amide bonds. The van der Waals surface area contributed by atoms with Crippen molar-refractivity contribution in [2.45, 2.75) is 32.2 Å². The second kappa shape index (κ2) is 4.50. The van der Waals surface area contributed by atoms with Gasteiger partial charge in [-0.25, -0.2) is 8.78 Å². The van der Waals surface area contributed by atoms with Crippen molar-refractivity contribution >= 4 is 0 Å². The van der Waals surface area contributed by atoms with Crippen molar-refractivity contribution in [3.8, 4) is 0 Å². The summed E-state index contributed by atoms with van der Waals surface area (Å²) in [6.45, 7) is 2.13. The number of hydrogen-bond donors (Lipinski definition) is 1. The summed E-state index contributed by atoms with van der Waals surface area (Å²) in [7, 11) is 1.80. The predicted molar refractivity (Wildman–Crippen MR) is 60.3 cm³/mol. The molecule has 1 N–H and O–H groups in total. The van der Waals surface area contributed by atoms with Crippen LogP contribution >= 0.6 is 0 Å². The van der Waals surface area contributed by atoms with Gasteiger partial charge in [0.25, 0.3) is 0 Å². The predicted octanol–water partition coefficient (Wildman–Crippen LogP) is 3.20. The summed E-state index contributed by atoms with van der Waals surface area (Å²) in [6, 6.07) is 2.40. The molecule has 0 fully saturated rings.